The van der Waals surface area contributed by atoms with Gasteiger partial charge >= 0.3 is 0 Å². The fourth-order valence-electron chi connectivity index (χ4n) is 1.68. The van der Waals surface area contributed by atoms with Crippen molar-refractivity contribution < 1.29 is 9.53 Å². The first-order valence-electron chi connectivity index (χ1n) is 6.67. The molecule has 0 aliphatic carbocycles. The van der Waals surface area contributed by atoms with Gasteiger partial charge in [0, 0.05) is 40.8 Å². The predicted octanol–water partition coefficient (Wildman–Crippen LogP) is 2.23. The fraction of sp³-hybridized carbons (Fsp3) is 0.538. The van der Waals surface area contributed by atoms with E-state index in [1.807, 2.05) is 25.1 Å². The van der Waals surface area contributed by atoms with Crippen molar-refractivity contribution in [1.82, 2.24) is 15.6 Å². The molecule has 0 saturated carbocycles. The molecule has 23 heavy (non-hydrogen) atoms. The van der Waals surface area contributed by atoms with Crippen molar-refractivity contribution >= 4 is 68.1 Å². The Balaban J connectivity index is 0.00000242. The van der Waals surface area contributed by atoms with Crippen LogP contribution in [0.5, 0.6) is 0 Å². The Morgan fingerprint density at radius 1 is 1.26 bits per heavy atom. The summed E-state index contributed by atoms with van der Waals surface area (Å²) in [6.45, 7) is 2.80. The number of fused-ring (bicyclic) bond motifs is 1. The maximum atomic E-state index is 12.0. The molecule has 1 amide bonds. The number of hydrogen-bond acceptors (Lipinski definition) is 7. The minimum absolute atomic E-state index is 0. The number of hydrogen-bond donors (Lipinski definition) is 2. The number of carbonyl (C=O) groups is 1. The third-order valence-electron chi connectivity index (χ3n) is 2.75. The van der Waals surface area contributed by atoms with Gasteiger partial charge in [-0.15, -0.1) is 36.2 Å². The number of nitrogens with one attached hydrogen (secondary N) is 2. The molecule has 10 heteroatoms. The van der Waals surface area contributed by atoms with Crippen molar-refractivity contribution in [3.05, 3.63) is 10.9 Å². The van der Waals surface area contributed by atoms with E-state index in [1.54, 1.807) is 18.4 Å². The highest BCUT2D eigenvalue weighted by Crippen LogP contribution is 2.33. The Kier molecular flexibility index (Phi) is 10.7. The molecule has 0 fully saturated rings. The van der Waals surface area contributed by atoms with Gasteiger partial charge in [-0.3, -0.25) is 4.79 Å². The maximum Gasteiger partial charge on any atom is 0.261 e. The number of ether oxygens (including phenoxy) is 1. The monoisotopic (exact) mass is 400 g/mol. The lowest BCUT2D eigenvalue weighted by atomic mass is 10.4. The van der Waals surface area contributed by atoms with E-state index in [-0.39, 0.29) is 30.7 Å². The molecule has 0 saturated heterocycles. The summed E-state index contributed by atoms with van der Waals surface area (Å²) >= 11 is 3.04. The molecule has 2 aromatic rings. The number of rotatable bonds is 8. The van der Waals surface area contributed by atoms with Gasteiger partial charge in [0.2, 0.25) is 0 Å². The molecule has 0 aliphatic heterocycles. The van der Waals surface area contributed by atoms with Crippen LogP contribution in [0.4, 0.5) is 5.13 Å². The lowest BCUT2D eigenvalue weighted by Gasteiger charge is -2.06. The number of anilines is 1. The normalized spacial score (nSPS) is 10.0. The zero-order valence-electron chi connectivity index (χ0n) is 13.2. The molecule has 132 valence electrons. The molecule has 6 nitrogen and oxygen atoms in total. The largest absolute Gasteiger partial charge is 0.383 e. The van der Waals surface area contributed by atoms with Crippen LogP contribution in [0.1, 0.15) is 9.67 Å². The Morgan fingerprint density at radius 2 is 2.00 bits per heavy atom. The van der Waals surface area contributed by atoms with Crippen LogP contribution < -0.4 is 15.5 Å². The van der Waals surface area contributed by atoms with Gasteiger partial charge in [0.05, 0.1) is 16.2 Å². The molecular weight excluding hydrogens is 379 g/mol. The van der Waals surface area contributed by atoms with E-state index in [1.165, 1.54) is 11.3 Å². The number of thiophene rings is 1. The summed E-state index contributed by atoms with van der Waals surface area (Å²) in [7, 11) is 5.60. The topological polar surface area (TPSA) is 66.5 Å². The number of methoxy groups -OCH3 is 1. The van der Waals surface area contributed by atoms with Crippen molar-refractivity contribution in [3.8, 4) is 0 Å². The molecular formula is C13H22Cl2N4O2S2. The number of nitrogens with zero attached hydrogens (tertiary/aromatic N) is 2. The van der Waals surface area contributed by atoms with Crippen LogP contribution >= 0.6 is 47.5 Å². The van der Waals surface area contributed by atoms with Crippen LogP contribution in [-0.4, -0.2) is 58.3 Å². The van der Waals surface area contributed by atoms with Gasteiger partial charge in [-0.1, -0.05) is 11.3 Å². The average molecular weight is 401 g/mol. The second kappa shape index (κ2) is 11.0. The van der Waals surface area contributed by atoms with Gasteiger partial charge in [0.1, 0.15) is 4.83 Å². The van der Waals surface area contributed by atoms with Crippen molar-refractivity contribution in [2.24, 2.45) is 0 Å². The third-order valence-corrected chi connectivity index (χ3v) is 5.08. The van der Waals surface area contributed by atoms with E-state index in [9.17, 15) is 4.79 Å². The molecule has 0 aromatic carbocycles. The molecule has 0 unspecified atom stereocenters. The molecule has 0 radical (unpaired) electrons. The lowest BCUT2D eigenvalue weighted by Crippen LogP contribution is -2.32. The zero-order valence-corrected chi connectivity index (χ0v) is 16.5. The Bertz CT molecular complexity index is 572. The fourth-order valence-corrected chi connectivity index (χ4v) is 3.73. The molecule has 0 spiro atoms. The van der Waals surface area contributed by atoms with E-state index in [2.05, 4.69) is 15.6 Å². The van der Waals surface area contributed by atoms with Gasteiger partial charge in [-0.2, -0.15) is 0 Å². The average Bonchev–Trinajstić information content (AvgIpc) is 3.00. The van der Waals surface area contributed by atoms with Crippen LogP contribution in [0.2, 0.25) is 0 Å². The second-order valence-electron chi connectivity index (χ2n) is 4.67. The smallest absolute Gasteiger partial charge is 0.261 e. The number of aromatic nitrogens is 1. The Hall–Kier alpha value is -0.640. The Morgan fingerprint density at radius 3 is 2.61 bits per heavy atom. The molecule has 2 rings (SSSR count). The minimum Gasteiger partial charge on any atom is -0.383 e. The van der Waals surface area contributed by atoms with Gasteiger partial charge in [-0.05, 0) is 6.07 Å². The van der Waals surface area contributed by atoms with E-state index < -0.39 is 0 Å². The molecule has 2 heterocycles. The van der Waals surface area contributed by atoms with Gasteiger partial charge in [0.15, 0.2) is 5.13 Å². The summed E-state index contributed by atoms with van der Waals surface area (Å²) in [6, 6.07) is 1.92. The number of amides is 1. The first-order chi connectivity index (χ1) is 10.1. The van der Waals surface area contributed by atoms with Crippen LogP contribution in [0, 0.1) is 0 Å². The molecule has 2 N–H and O–H groups in total. The highest BCUT2D eigenvalue weighted by atomic mass is 35.5. The van der Waals surface area contributed by atoms with Gasteiger partial charge in [-0.25, -0.2) is 4.98 Å². The van der Waals surface area contributed by atoms with Gasteiger partial charge in [0.25, 0.3) is 5.91 Å². The van der Waals surface area contributed by atoms with E-state index in [0.29, 0.717) is 18.0 Å². The van der Waals surface area contributed by atoms with E-state index in [0.717, 1.165) is 27.8 Å². The summed E-state index contributed by atoms with van der Waals surface area (Å²) in [5.74, 6) is -0.0369. The van der Waals surface area contributed by atoms with Crippen LogP contribution in [-0.2, 0) is 4.74 Å². The second-order valence-corrected chi connectivity index (χ2v) is 6.71. The highest BCUT2D eigenvalue weighted by Gasteiger charge is 2.14. The summed E-state index contributed by atoms with van der Waals surface area (Å²) in [5, 5.41) is 7.04. The summed E-state index contributed by atoms with van der Waals surface area (Å²) in [5.41, 5.74) is 0. The third kappa shape index (κ3) is 6.40. The van der Waals surface area contributed by atoms with Crippen molar-refractivity contribution in [3.63, 3.8) is 0 Å². The molecule has 0 atom stereocenters. The van der Waals surface area contributed by atoms with E-state index >= 15 is 0 Å². The highest BCUT2D eigenvalue weighted by molar-refractivity contribution is 7.29. The van der Waals surface area contributed by atoms with Crippen molar-refractivity contribution in [2.75, 3.05) is 52.3 Å². The Labute approximate surface area is 156 Å². The quantitative estimate of drug-likeness (QED) is 0.665. The first kappa shape index (κ1) is 22.4. The zero-order chi connectivity index (χ0) is 15.2. The van der Waals surface area contributed by atoms with Crippen LogP contribution in [0.3, 0.4) is 0 Å². The molecule has 2 aromatic heterocycles. The summed E-state index contributed by atoms with van der Waals surface area (Å²) in [4.78, 5) is 20.1. The predicted molar refractivity (Wildman–Crippen MR) is 103 cm³/mol. The SMILES string of the molecule is COCCNCCNC(=O)c1cc2sc(N(C)C)nc2s1.Cl.Cl. The lowest BCUT2D eigenvalue weighted by molar-refractivity contribution is 0.0958. The van der Waals surface area contributed by atoms with Gasteiger partial charge < -0.3 is 20.3 Å². The standard InChI is InChI=1S/C13H20N4O2S2.2ClH/c1-17(2)13-16-12-10(21-13)8-9(20-12)11(18)15-5-4-14-6-7-19-3;;/h8,14H,4-7H2,1-3H3,(H,15,18);2*1H. The summed E-state index contributed by atoms with van der Waals surface area (Å²) in [6.07, 6.45) is 0. The maximum absolute atomic E-state index is 12.0. The minimum atomic E-state index is -0.0369. The molecule has 0 aliphatic rings. The summed E-state index contributed by atoms with van der Waals surface area (Å²) < 4.78 is 5.99. The number of carbonyl (C=O) groups excluding carboxylic acids is 1. The molecule has 0 bridgehead atoms. The van der Waals surface area contributed by atoms with Crippen molar-refractivity contribution in [1.29, 1.82) is 0 Å². The van der Waals surface area contributed by atoms with Crippen LogP contribution in [0.25, 0.3) is 9.53 Å². The first-order valence-corrected chi connectivity index (χ1v) is 8.30. The van der Waals surface area contributed by atoms with Crippen molar-refractivity contribution in [2.45, 2.75) is 0 Å². The van der Waals surface area contributed by atoms with E-state index in [4.69, 9.17) is 4.74 Å². The number of thiazole rings is 1. The van der Waals surface area contributed by atoms with Crippen LogP contribution in [0.15, 0.2) is 6.07 Å². The number of halogens is 2.